The Hall–Kier alpha value is -2.69. The number of carbonyl (C=O) groups is 1. The van der Waals surface area contributed by atoms with E-state index in [0.29, 0.717) is 22.7 Å². The summed E-state index contributed by atoms with van der Waals surface area (Å²) >= 11 is 0. The lowest BCUT2D eigenvalue weighted by Crippen LogP contribution is -2.14. The van der Waals surface area contributed by atoms with E-state index in [1.807, 2.05) is 25.1 Å². The highest BCUT2D eigenvalue weighted by molar-refractivity contribution is 6.01. The van der Waals surface area contributed by atoms with Gasteiger partial charge in [-0.2, -0.15) is 0 Å². The summed E-state index contributed by atoms with van der Waals surface area (Å²) in [5.74, 6) is 0.141. The molecule has 0 fully saturated rings. The van der Waals surface area contributed by atoms with Crippen LogP contribution < -0.4 is 21.5 Å². The Kier molecular flexibility index (Phi) is 3.79. The first-order valence-electron chi connectivity index (χ1n) is 6.13. The second-order valence-corrected chi connectivity index (χ2v) is 4.46. The van der Waals surface area contributed by atoms with Gasteiger partial charge in [-0.15, -0.1) is 0 Å². The molecule has 2 rings (SSSR count). The molecule has 2 aromatic carbocycles. The van der Waals surface area contributed by atoms with Gasteiger partial charge in [-0.05, 0) is 36.8 Å². The average molecular weight is 271 g/mol. The SMILES string of the molecule is COc1ccc(C)cc1Nc1cccc(C(N)=O)c1N. The first-order valence-corrected chi connectivity index (χ1v) is 6.13. The van der Waals surface area contributed by atoms with Crippen LogP contribution in [0.5, 0.6) is 5.75 Å². The van der Waals surface area contributed by atoms with Crippen molar-refractivity contribution in [2.45, 2.75) is 6.92 Å². The third kappa shape index (κ3) is 2.66. The largest absolute Gasteiger partial charge is 0.495 e. The molecule has 0 aliphatic carbocycles. The lowest BCUT2D eigenvalue weighted by atomic mass is 10.1. The Morgan fingerprint density at radius 1 is 1.20 bits per heavy atom. The first-order chi connectivity index (χ1) is 9.52. The molecule has 0 bridgehead atoms. The minimum Gasteiger partial charge on any atom is -0.495 e. The van der Waals surface area contributed by atoms with Gasteiger partial charge in [-0.3, -0.25) is 4.79 Å². The number of benzene rings is 2. The lowest BCUT2D eigenvalue weighted by molar-refractivity contribution is 0.100. The number of rotatable bonds is 4. The minimum absolute atomic E-state index is 0.293. The van der Waals surface area contributed by atoms with Crippen molar-refractivity contribution in [3.63, 3.8) is 0 Å². The molecular weight excluding hydrogens is 254 g/mol. The Morgan fingerprint density at radius 2 is 1.95 bits per heavy atom. The fourth-order valence-electron chi connectivity index (χ4n) is 1.95. The van der Waals surface area contributed by atoms with E-state index in [-0.39, 0.29) is 0 Å². The molecule has 2 aromatic rings. The van der Waals surface area contributed by atoms with Gasteiger partial charge in [0, 0.05) is 0 Å². The lowest BCUT2D eigenvalue weighted by Gasteiger charge is -2.14. The van der Waals surface area contributed by atoms with Crippen LogP contribution in [0.15, 0.2) is 36.4 Å². The number of primary amides is 1. The molecule has 5 N–H and O–H groups in total. The predicted molar refractivity (Wildman–Crippen MR) is 80.4 cm³/mol. The van der Waals surface area contributed by atoms with Crippen molar-refractivity contribution < 1.29 is 9.53 Å². The normalized spacial score (nSPS) is 10.1. The molecule has 0 atom stereocenters. The van der Waals surface area contributed by atoms with Gasteiger partial charge in [-0.1, -0.05) is 12.1 Å². The maximum atomic E-state index is 11.3. The number of hydrogen-bond donors (Lipinski definition) is 3. The summed E-state index contributed by atoms with van der Waals surface area (Å²) in [6, 6.07) is 10.9. The molecule has 0 aromatic heterocycles. The summed E-state index contributed by atoms with van der Waals surface area (Å²) in [7, 11) is 1.60. The monoisotopic (exact) mass is 271 g/mol. The number of nitrogens with one attached hydrogen (secondary N) is 1. The van der Waals surface area contributed by atoms with Crippen molar-refractivity contribution in [2.75, 3.05) is 18.2 Å². The molecule has 20 heavy (non-hydrogen) atoms. The number of carbonyl (C=O) groups excluding carboxylic acids is 1. The van der Waals surface area contributed by atoms with Crippen LogP contribution in [0.3, 0.4) is 0 Å². The highest BCUT2D eigenvalue weighted by atomic mass is 16.5. The Labute approximate surface area is 117 Å². The van der Waals surface area contributed by atoms with Gasteiger partial charge in [0.2, 0.25) is 0 Å². The molecule has 0 spiro atoms. The average Bonchev–Trinajstić information content (AvgIpc) is 2.41. The standard InChI is InChI=1S/C15H17N3O2/c1-9-6-7-13(20-2)12(8-9)18-11-5-3-4-10(14(11)16)15(17)19/h3-8,18H,16H2,1-2H3,(H2,17,19). The maximum Gasteiger partial charge on any atom is 0.250 e. The number of methoxy groups -OCH3 is 1. The predicted octanol–water partition coefficient (Wildman–Crippen LogP) is 2.43. The maximum absolute atomic E-state index is 11.3. The van der Waals surface area contributed by atoms with E-state index in [1.54, 1.807) is 25.3 Å². The number of nitrogen functional groups attached to an aromatic ring is 1. The number of anilines is 3. The number of aryl methyl sites for hydroxylation is 1. The highest BCUT2D eigenvalue weighted by Gasteiger charge is 2.11. The van der Waals surface area contributed by atoms with Crippen molar-refractivity contribution >= 4 is 23.0 Å². The van der Waals surface area contributed by atoms with Crippen LogP contribution in [-0.4, -0.2) is 13.0 Å². The molecule has 0 saturated carbocycles. The summed E-state index contributed by atoms with van der Waals surface area (Å²) in [6.07, 6.45) is 0. The third-order valence-corrected chi connectivity index (χ3v) is 3.00. The van der Waals surface area contributed by atoms with Crippen molar-refractivity contribution in [1.29, 1.82) is 0 Å². The summed E-state index contributed by atoms with van der Waals surface area (Å²) in [6.45, 7) is 1.98. The van der Waals surface area contributed by atoms with Crippen LogP contribution in [0.25, 0.3) is 0 Å². The topological polar surface area (TPSA) is 90.4 Å². The molecule has 5 nitrogen and oxygen atoms in total. The number of hydrogen-bond acceptors (Lipinski definition) is 4. The van der Waals surface area contributed by atoms with E-state index in [1.165, 1.54) is 0 Å². The van der Waals surface area contributed by atoms with Crippen molar-refractivity contribution in [2.24, 2.45) is 5.73 Å². The fraction of sp³-hybridized carbons (Fsp3) is 0.133. The van der Waals surface area contributed by atoms with Crippen LogP contribution in [0.1, 0.15) is 15.9 Å². The quantitative estimate of drug-likeness (QED) is 0.745. The highest BCUT2D eigenvalue weighted by Crippen LogP contribution is 2.32. The van der Waals surface area contributed by atoms with E-state index >= 15 is 0 Å². The van der Waals surface area contributed by atoms with Crippen LogP contribution in [-0.2, 0) is 0 Å². The number of para-hydroxylation sites is 1. The summed E-state index contributed by atoms with van der Waals surface area (Å²) in [5, 5.41) is 3.17. The van der Waals surface area contributed by atoms with E-state index in [0.717, 1.165) is 11.3 Å². The molecule has 5 heteroatoms. The van der Waals surface area contributed by atoms with Crippen molar-refractivity contribution in [3.8, 4) is 5.75 Å². The van der Waals surface area contributed by atoms with Gasteiger partial charge in [0.25, 0.3) is 5.91 Å². The fourth-order valence-corrected chi connectivity index (χ4v) is 1.95. The second-order valence-electron chi connectivity index (χ2n) is 4.46. The Bertz CT molecular complexity index is 654. The third-order valence-electron chi connectivity index (χ3n) is 3.00. The number of nitrogens with two attached hydrogens (primary N) is 2. The molecule has 0 aliphatic heterocycles. The van der Waals surface area contributed by atoms with Gasteiger partial charge < -0.3 is 21.5 Å². The van der Waals surface area contributed by atoms with Gasteiger partial charge in [0.1, 0.15) is 5.75 Å². The Balaban J connectivity index is 2.42. The van der Waals surface area contributed by atoms with Gasteiger partial charge in [-0.25, -0.2) is 0 Å². The number of ether oxygens (including phenoxy) is 1. The zero-order valence-electron chi connectivity index (χ0n) is 11.4. The van der Waals surface area contributed by atoms with E-state index in [2.05, 4.69) is 5.32 Å². The number of amides is 1. The minimum atomic E-state index is -0.553. The molecule has 0 heterocycles. The van der Waals surface area contributed by atoms with Crippen LogP contribution in [0.2, 0.25) is 0 Å². The zero-order valence-corrected chi connectivity index (χ0v) is 11.4. The van der Waals surface area contributed by atoms with E-state index in [4.69, 9.17) is 16.2 Å². The van der Waals surface area contributed by atoms with Crippen molar-refractivity contribution in [3.05, 3.63) is 47.5 Å². The van der Waals surface area contributed by atoms with Crippen molar-refractivity contribution in [1.82, 2.24) is 0 Å². The summed E-state index contributed by atoms with van der Waals surface area (Å²) < 4.78 is 5.30. The van der Waals surface area contributed by atoms with E-state index < -0.39 is 5.91 Å². The molecule has 0 radical (unpaired) electrons. The van der Waals surface area contributed by atoms with Gasteiger partial charge in [0.05, 0.1) is 29.7 Å². The van der Waals surface area contributed by atoms with E-state index in [9.17, 15) is 4.79 Å². The summed E-state index contributed by atoms with van der Waals surface area (Å²) in [5.41, 5.74) is 14.3. The molecule has 1 amide bonds. The molecular formula is C15H17N3O2. The second kappa shape index (κ2) is 5.52. The smallest absolute Gasteiger partial charge is 0.250 e. The first kappa shape index (κ1) is 13.7. The molecule has 104 valence electrons. The zero-order chi connectivity index (χ0) is 14.7. The van der Waals surface area contributed by atoms with Crippen LogP contribution in [0, 0.1) is 6.92 Å². The molecule has 0 saturated heterocycles. The molecule has 0 unspecified atom stereocenters. The van der Waals surface area contributed by atoms with Gasteiger partial charge in [0.15, 0.2) is 0 Å². The van der Waals surface area contributed by atoms with Crippen LogP contribution in [0.4, 0.5) is 17.1 Å². The Morgan fingerprint density at radius 3 is 2.60 bits per heavy atom. The van der Waals surface area contributed by atoms with Crippen LogP contribution >= 0.6 is 0 Å². The summed E-state index contributed by atoms with van der Waals surface area (Å²) in [4.78, 5) is 11.3. The van der Waals surface area contributed by atoms with Gasteiger partial charge >= 0.3 is 0 Å². The molecule has 0 aliphatic rings.